The highest BCUT2D eigenvalue weighted by atomic mass is 19.1. The molecule has 0 atom stereocenters. The van der Waals surface area contributed by atoms with E-state index in [1.807, 2.05) is 0 Å². The Morgan fingerprint density at radius 1 is 1.23 bits per heavy atom. The number of ketones is 1. The number of halogens is 1. The lowest BCUT2D eigenvalue weighted by Gasteiger charge is -2.07. The number of pyridine rings is 1. The molecule has 0 unspecified atom stereocenters. The predicted octanol–water partition coefficient (Wildman–Crippen LogP) is 2.93. The third-order valence-electron chi connectivity index (χ3n) is 3.27. The molecule has 1 amide bonds. The number of carbonyl (C=O) groups excluding carboxylic acids is 2. The topological polar surface area (TPSA) is 63.5 Å². The molecule has 0 radical (unpaired) electrons. The highest BCUT2D eigenvalue weighted by molar-refractivity contribution is 6.04. The minimum absolute atomic E-state index is 0.0384. The van der Waals surface area contributed by atoms with E-state index in [1.54, 1.807) is 28.8 Å². The summed E-state index contributed by atoms with van der Waals surface area (Å²) in [7, 11) is 0. The molecule has 110 valence electrons. The molecular weight excluding hydrogens is 285 g/mol. The lowest BCUT2D eigenvalue weighted by atomic mass is 10.1. The number of amides is 1. The van der Waals surface area contributed by atoms with Crippen molar-refractivity contribution >= 4 is 23.0 Å². The maximum Gasteiger partial charge on any atom is 0.274 e. The molecule has 5 nitrogen and oxygen atoms in total. The van der Waals surface area contributed by atoms with E-state index in [0.29, 0.717) is 11.2 Å². The fourth-order valence-corrected chi connectivity index (χ4v) is 2.13. The monoisotopic (exact) mass is 297 g/mol. The van der Waals surface area contributed by atoms with Crippen LogP contribution in [0.1, 0.15) is 27.8 Å². The summed E-state index contributed by atoms with van der Waals surface area (Å²) in [5.74, 6) is -1.31. The molecule has 0 saturated carbocycles. The lowest BCUT2D eigenvalue weighted by molar-refractivity contribution is 0.100. The second-order valence-corrected chi connectivity index (χ2v) is 4.78. The Kier molecular flexibility index (Phi) is 3.42. The van der Waals surface area contributed by atoms with Gasteiger partial charge in [-0.1, -0.05) is 6.07 Å². The van der Waals surface area contributed by atoms with Gasteiger partial charge in [-0.25, -0.2) is 9.37 Å². The second kappa shape index (κ2) is 5.40. The van der Waals surface area contributed by atoms with Gasteiger partial charge in [0, 0.05) is 11.8 Å². The molecule has 0 bridgehead atoms. The van der Waals surface area contributed by atoms with Crippen molar-refractivity contribution in [2.75, 3.05) is 5.32 Å². The van der Waals surface area contributed by atoms with E-state index in [0.717, 1.165) is 6.07 Å². The fourth-order valence-electron chi connectivity index (χ4n) is 2.13. The van der Waals surface area contributed by atoms with Gasteiger partial charge in [-0.05, 0) is 37.3 Å². The van der Waals surface area contributed by atoms with Crippen LogP contribution in [0.25, 0.3) is 5.65 Å². The Bertz CT molecular complexity index is 886. The molecule has 22 heavy (non-hydrogen) atoms. The molecule has 3 rings (SSSR count). The summed E-state index contributed by atoms with van der Waals surface area (Å²) in [6.07, 6.45) is 3.11. The van der Waals surface area contributed by atoms with Crippen molar-refractivity contribution < 1.29 is 14.0 Å². The van der Waals surface area contributed by atoms with E-state index in [1.165, 1.54) is 25.3 Å². The number of aromatic nitrogens is 2. The maximum atomic E-state index is 13.8. The average Bonchev–Trinajstić information content (AvgIpc) is 2.93. The summed E-state index contributed by atoms with van der Waals surface area (Å²) in [4.78, 5) is 27.8. The van der Waals surface area contributed by atoms with Gasteiger partial charge in [-0.2, -0.15) is 0 Å². The molecule has 0 spiro atoms. The first-order chi connectivity index (χ1) is 10.6. The van der Waals surface area contributed by atoms with Crippen LogP contribution in [-0.2, 0) is 0 Å². The molecule has 2 aromatic heterocycles. The molecular formula is C16H12FN3O2. The van der Waals surface area contributed by atoms with Gasteiger partial charge in [-0.15, -0.1) is 0 Å². The number of benzene rings is 1. The number of Topliss-reactive ketones (excluding diaryl/α,β-unsaturated/α-hetero) is 1. The van der Waals surface area contributed by atoms with Crippen LogP contribution in [0.2, 0.25) is 0 Å². The zero-order chi connectivity index (χ0) is 15.7. The largest absolute Gasteiger partial charge is 0.318 e. The summed E-state index contributed by atoms with van der Waals surface area (Å²) in [5.41, 5.74) is 1.19. The van der Waals surface area contributed by atoms with Gasteiger partial charge < -0.3 is 5.32 Å². The van der Waals surface area contributed by atoms with Gasteiger partial charge in [0.1, 0.15) is 17.2 Å². The number of anilines is 1. The molecule has 0 aliphatic heterocycles. The molecule has 0 saturated heterocycles. The minimum Gasteiger partial charge on any atom is -0.318 e. The quantitative estimate of drug-likeness (QED) is 0.756. The number of imidazole rings is 1. The van der Waals surface area contributed by atoms with Crippen LogP contribution in [0, 0.1) is 5.82 Å². The summed E-state index contributed by atoms with van der Waals surface area (Å²) in [5, 5.41) is 2.47. The Morgan fingerprint density at radius 3 is 2.82 bits per heavy atom. The Labute approximate surface area is 125 Å². The van der Waals surface area contributed by atoms with Crippen LogP contribution in [0.15, 0.2) is 48.8 Å². The van der Waals surface area contributed by atoms with Crippen molar-refractivity contribution in [3.63, 3.8) is 0 Å². The first kappa shape index (κ1) is 13.9. The SMILES string of the molecule is CC(=O)c1ccc(F)c(NC(=O)c2cnc3ccccn23)c1. The third kappa shape index (κ3) is 2.46. The van der Waals surface area contributed by atoms with Gasteiger partial charge in [-0.3, -0.25) is 14.0 Å². The number of fused-ring (bicyclic) bond motifs is 1. The van der Waals surface area contributed by atoms with E-state index in [2.05, 4.69) is 10.3 Å². The highest BCUT2D eigenvalue weighted by Gasteiger charge is 2.15. The number of rotatable bonds is 3. The number of hydrogen-bond donors (Lipinski definition) is 1. The molecule has 1 aromatic carbocycles. The molecule has 0 aliphatic carbocycles. The normalized spacial score (nSPS) is 10.6. The van der Waals surface area contributed by atoms with Crippen molar-refractivity contribution in [1.29, 1.82) is 0 Å². The smallest absolute Gasteiger partial charge is 0.274 e. The predicted molar refractivity (Wildman–Crippen MR) is 79.5 cm³/mol. The van der Waals surface area contributed by atoms with Gasteiger partial charge in [0.25, 0.3) is 5.91 Å². The molecule has 0 aliphatic rings. The molecule has 3 aromatic rings. The molecule has 1 N–H and O–H groups in total. The van der Waals surface area contributed by atoms with Crippen molar-refractivity contribution in [2.24, 2.45) is 0 Å². The van der Waals surface area contributed by atoms with E-state index < -0.39 is 11.7 Å². The van der Waals surface area contributed by atoms with E-state index >= 15 is 0 Å². The third-order valence-corrected chi connectivity index (χ3v) is 3.27. The van der Waals surface area contributed by atoms with E-state index in [4.69, 9.17) is 0 Å². The maximum absolute atomic E-state index is 13.8. The van der Waals surface area contributed by atoms with E-state index in [9.17, 15) is 14.0 Å². The van der Waals surface area contributed by atoms with Crippen molar-refractivity contribution in [3.05, 3.63) is 65.9 Å². The number of nitrogens with zero attached hydrogens (tertiary/aromatic N) is 2. The first-order valence-electron chi connectivity index (χ1n) is 6.60. The Balaban J connectivity index is 1.94. The average molecular weight is 297 g/mol. The fraction of sp³-hybridized carbons (Fsp3) is 0.0625. The standard InChI is InChI=1S/C16H12FN3O2/c1-10(21)11-5-6-12(17)13(8-11)19-16(22)14-9-18-15-4-2-3-7-20(14)15/h2-9H,1H3,(H,19,22). The van der Waals surface area contributed by atoms with Crippen LogP contribution in [0.4, 0.5) is 10.1 Å². The second-order valence-electron chi connectivity index (χ2n) is 4.78. The van der Waals surface area contributed by atoms with Gasteiger partial charge in [0.15, 0.2) is 5.78 Å². The van der Waals surface area contributed by atoms with Gasteiger partial charge in [0.05, 0.1) is 11.9 Å². The van der Waals surface area contributed by atoms with Crippen molar-refractivity contribution in [2.45, 2.75) is 6.92 Å². The highest BCUT2D eigenvalue weighted by Crippen LogP contribution is 2.18. The summed E-state index contributed by atoms with van der Waals surface area (Å²) >= 11 is 0. The molecule has 0 fully saturated rings. The number of hydrogen-bond acceptors (Lipinski definition) is 3. The molecule has 6 heteroatoms. The summed E-state index contributed by atoms with van der Waals surface area (Å²) in [6.45, 7) is 1.38. The van der Waals surface area contributed by atoms with Crippen LogP contribution in [0.5, 0.6) is 0 Å². The van der Waals surface area contributed by atoms with Gasteiger partial charge in [0.2, 0.25) is 0 Å². The summed E-state index contributed by atoms with van der Waals surface area (Å²) in [6, 6.07) is 9.18. The minimum atomic E-state index is -0.604. The van der Waals surface area contributed by atoms with E-state index in [-0.39, 0.29) is 17.2 Å². The molecule has 2 heterocycles. The van der Waals surface area contributed by atoms with Crippen LogP contribution >= 0.6 is 0 Å². The lowest BCUT2D eigenvalue weighted by Crippen LogP contribution is -2.15. The van der Waals surface area contributed by atoms with Crippen molar-refractivity contribution in [1.82, 2.24) is 9.38 Å². The summed E-state index contributed by atoms with van der Waals surface area (Å²) < 4.78 is 15.4. The first-order valence-corrected chi connectivity index (χ1v) is 6.60. The van der Waals surface area contributed by atoms with Crippen LogP contribution in [-0.4, -0.2) is 21.1 Å². The Morgan fingerprint density at radius 2 is 2.05 bits per heavy atom. The van der Waals surface area contributed by atoms with Crippen LogP contribution in [0.3, 0.4) is 0 Å². The Hall–Kier alpha value is -3.02. The number of carbonyl (C=O) groups is 2. The van der Waals surface area contributed by atoms with Crippen molar-refractivity contribution in [3.8, 4) is 0 Å². The number of nitrogens with one attached hydrogen (secondary N) is 1. The van der Waals surface area contributed by atoms with Crippen LogP contribution < -0.4 is 5.32 Å². The zero-order valence-corrected chi connectivity index (χ0v) is 11.7. The zero-order valence-electron chi connectivity index (χ0n) is 11.7. The van der Waals surface area contributed by atoms with Gasteiger partial charge >= 0.3 is 0 Å².